The molecule has 0 saturated heterocycles. The number of aromatic nitrogens is 4. The van der Waals surface area contributed by atoms with Crippen molar-refractivity contribution in [1.29, 1.82) is 0 Å². The summed E-state index contributed by atoms with van der Waals surface area (Å²) >= 11 is 0. The third-order valence-corrected chi connectivity index (χ3v) is 3.42. The van der Waals surface area contributed by atoms with Crippen molar-refractivity contribution in [3.05, 3.63) is 37.1 Å². The average molecular weight is 276 g/mol. The third kappa shape index (κ3) is 1.30. The van der Waals surface area contributed by atoms with Crippen LogP contribution in [0.5, 0.6) is 0 Å². The second kappa shape index (κ2) is 3.69. The molecule has 0 unspecified atom stereocenters. The van der Waals surface area contributed by atoms with Crippen molar-refractivity contribution >= 4 is 22.1 Å². The number of pyridine rings is 1. The average Bonchev–Trinajstić information content (AvgIpc) is 2.79. The molecule has 8 heteroatoms. The van der Waals surface area contributed by atoms with Gasteiger partial charge in [-0.25, -0.2) is 9.78 Å². The van der Waals surface area contributed by atoms with Crippen LogP contribution in [-0.4, -0.2) is 18.7 Å². The van der Waals surface area contributed by atoms with E-state index in [0.29, 0.717) is 5.89 Å². The van der Waals surface area contributed by atoms with Crippen molar-refractivity contribution in [1.82, 2.24) is 18.7 Å². The first kappa shape index (κ1) is 12.4. The summed E-state index contributed by atoms with van der Waals surface area (Å²) in [4.78, 5) is 40.5. The molecule has 8 nitrogen and oxygen atoms in total. The molecule has 0 bridgehead atoms. The highest BCUT2D eigenvalue weighted by Crippen LogP contribution is 2.18. The Balaban J connectivity index is 2.89. The van der Waals surface area contributed by atoms with Crippen molar-refractivity contribution in [2.75, 3.05) is 0 Å². The van der Waals surface area contributed by atoms with Crippen molar-refractivity contribution in [3.8, 4) is 0 Å². The Hall–Kier alpha value is -2.64. The summed E-state index contributed by atoms with van der Waals surface area (Å²) in [5, 5.41) is 0.173. The van der Waals surface area contributed by atoms with E-state index < -0.39 is 16.8 Å². The van der Waals surface area contributed by atoms with Gasteiger partial charge in [0.05, 0.1) is 0 Å². The zero-order chi connectivity index (χ0) is 14.8. The summed E-state index contributed by atoms with van der Waals surface area (Å²) in [5.41, 5.74) is -1.00. The second-order valence-electron chi connectivity index (χ2n) is 4.68. The van der Waals surface area contributed by atoms with Crippen molar-refractivity contribution in [2.45, 2.75) is 6.92 Å². The first-order chi connectivity index (χ1) is 9.34. The maximum atomic E-state index is 12.3. The molecule has 0 aliphatic rings. The van der Waals surface area contributed by atoms with E-state index >= 15 is 0 Å². The normalized spacial score (nSPS) is 11.6. The molecule has 0 aromatic carbocycles. The van der Waals surface area contributed by atoms with Crippen LogP contribution in [0, 0.1) is 6.92 Å². The molecule has 0 amide bonds. The van der Waals surface area contributed by atoms with Gasteiger partial charge >= 0.3 is 5.69 Å². The Labute approximate surface area is 111 Å². The van der Waals surface area contributed by atoms with Crippen LogP contribution >= 0.6 is 0 Å². The van der Waals surface area contributed by atoms with Gasteiger partial charge in [0.15, 0.2) is 17.0 Å². The van der Waals surface area contributed by atoms with E-state index in [1.807, 2.05) is 0 Å². The lowest BCUT2D eigenvalue weighted by molar-refractivity contribution is 0.562. The van der Waals surface area contributed by atoms with E-state index in [2.05, 4.69) is 4.98 Å². The van der Waals surface area contributed by atoms with Crippen LogP contribution in [0.2, 0.25) is 0 Å². The van der Waals surface area contributed by atoms with E-state index in [-0.39, 0.29) is 22.1 Å². The highest BCUT2D eigenvalue weighted by Gasteiger charge is 2.20. The first-order valence-corrected chi connectivity index (χ1v) is 5.90. The quantitative estimate of drug-likeness (QED) is 0.546. The number of aryl methyl sites for hydroxylation is 3. The number of hydrogen-bond donors (Lipinski definition) is 0. The van der Waals surface area contributed by atoms with Gasteiger partial charge in [0, 0.05) is 28.1 Å². The summed E-state index contributed by atoms with van der Waals surface area (Å²) in [6.45, 7) is 1.59. The van der Waals surface area contributed by atoms with Crippen molar-refractivity contribution in [3.63, 3.8) is 0 Å². The molecule has 3 aromatic rings. The van der Waals surface area contributed by atoms with Crippen LogP contribution in [0.25, 0.3) is 22.1 Å². The predicted octanol–water partition coefficient (Wildman–Crippen LogP) is -0.614. The van der Waals surface area contributed by atoms with Gasteiger partial charge < -0.3 is 4.42 Å². The van der Waals surface area contributed by atoms with Crippen LogP contribution in [-0.2, 0) is 21.1 Å². The van der Waals surface area contributed by atoms with Crippen molar-refractivity contribution in [2.24, 2.45) is 21.1 Å². The van der Waals surface area contributed by atoms with E-state index in [1.54, 1.807) is 6.92 Å². The minimum Gasteiger partial charge on any atom is -0.440 e. The minimum absolute atomic E-state index is 0.0910. The maximum absolute atomic E-state index is 12.3. The summed E-state index contributed by atoms with van der Waals surface area (Å²) in [7, 11) is 4.37. The molecule has 0 spiro atoms. The molecule has 0 fully saturated rings. The lowest BCUT2D eigenvalue weighted by Crippen LogP contribution is -2.39. The lowest BCUT2D eigenvalue weighted by atomic mass is 10.3. The summed E-state index contributed by atoms with van der Waals surface area (Å²) in [6.07, 6.45) is 0. The molecule has 0 aliphatic carbocycles. The van der Waals surface area contributed by atoms with Crippen LogP contribution in [0.1, 0.15) is 5.89 Å². The monoisotopic (exact) mass is 276 g/mol. The fraction of sp³-hybridized carbons (Fsp3) is 0.333. The molecule has 0 saturated carbocycles. The Bertz CT molecular complexity index is 1050. The molecule has 0 aliphatic heterocycles. The van der Waals surface area contributed by atoms with Gasteiger partial charge in [0.1, 0.15) is 11.0 Å². The third-order valence-electron chi connectivity index (χ3n) is 3.42. The molecule has 0 N–H and O–H groups in total. The second-order valence-corrected chi connectivity index (χ2v) is 4.68. The smallest absolute Gasteiger partial charge is 0.332 e. The first-order valence-electron chi connectivity index (χ1n) is 5.90. The van der Waals surface area contributed by atoms with E-state index in [0.717, 1.165) is 4.57 Å². The highest BCUT2D eigenvalue weighted by molar-refractivity contribution is 5.98. The van der Waals surface area contributed by atoms with Gasteiger partial charge in [-0.2, -0.15) is 0 Å². The standard InChI is InChI=1S/C12H12N4O4/c1-5-13-7-8(20-5)6-9(14(2)11(7)18)15(3)12(19)16(4)10(6)17/h1-4H3. The van der Waals surface area contributed by atoms with Gasteiger partial charge in [0.2, 0.25) is 0 Å². The van der Waals surface area contributed by atoms with E-state index in [9.17, 15) is 14.4 Å². The van der Waals surface area contributed by atoms with Crippen molar-refractivity contribution < 1.29 is 4.42 Å². The highest BCUT2D eigenvalue weighted by atomic mass is 16.3. The topological polar surface area (TPSA) is 92.0 Å². The molecule has 3 heterocycles. The van der Waals surface area contributed by atoms with Gasteiger partial charge in [-0.15, -0.1) is 0 Å². The molecular weight excluding hydrogens is 264 g/mol. The molecule has 0 radical (unpaired) electrons. The van der Waals surface area contributed by atoms with Crippen LogP contribution < -0.4 is 16.8 Å². The molecule has 0 atom stereocenters. The van der Waals surface area contributed by atoms with Crippen LogP contribution in [0.15, 0.2) is 18.8 Å². The number of rotatable bonds is 0. The molecule has 20 heavy (non-hydrogen) atoms. The fourth-order valence-electron chi connectivity index (χ4n) is 2.42. The Morgan fingerprint density at radius 3 is 2.25 bits per heavy atom. The number of hydrogen-bond acceptors (Lipinski definition) is 5. The Kier molecular flexibility index (Phi) is 2.28. The largest absolute Gasteiger partial charge is 0.440 e. The SMILES string of the molecule is Cc1nc2c(=O)n(C)c3c(c(=O)n(C)c(=O)n3C)c2o1. The Morgan fingerprint density at radius 2 is 1.60 bits per heavy atom. The van der Waals surface area contributed by atoms with Gasteiger partial charge in [0.25, 0.3) is 11.1 Å². The van der Waals surface area contributed by atoms with Crippen LogP contribution in [0.3, 0.4) is 0 Å². The van der Waals surface area contributed by atoms with Gasteiger partial charge in [-0.1, -0.05) is 0 Å². The molecule has 104 valence electrons. The number of nitrogens with zero attached hydrogens (tertiary/aromatic N) is 4. The molecule has 3 rings (SSSR count). The van der Waals surface area contributed by atoms with E-state index in [4.69, 9.17) is 4.42 Å². The number of fused-ring (bicyclic) bond motifs is 3. The lowest BCUT2D eigenvalue weighted by Gasteiger charge is -2.10. The summed E-state index contributed by atoms with van der Waals surface area (Å²) < 4.78 is 8.85. The Morgan fingerprint density at radius 1 is 0.950 bits per heavy atom. The predicted molar refractivity (Wildman–Crippen MR) is 72.0 cm³/mol. The summed E-state index contributed by atoms with van der Waals surface area (Å²) in [5.74, 6) is 0.292. The van der Waals surface area contributed by atoms with Gasteiger partial charge in [-0.05, 0) is 0 Å². The molecule has 3 aromatic heterocycles. The number of oxazole rings is 1. The zero-order valence-electron chi connectivity index (χ0n) is 11.4. The summed E-state index contributed by atoms with van der Waals surface area (Å²) in [6, 6.07) is 0. The zero-order valence-corrected chi connectivity index (χ0v) is 11.4. The minimum atomic E-state index is -0.514. The molecular formula is C12H12N4O4. The van der Waals surface area contributed by atoms with E-state index in [1.165, 1.54) is 30.3 Å². The van der Waals surface area contributed by atoms with Gasteiger partial charge in [-0.3, -0.25) is 23.3 Å². The van der Waals surface area contributed by atoms with Crippen LogP contribution in [0.4, 0.5) is 0 Å². The maximum Gasteiger partial charge on any atom is 0.332 e. The fourth-order valence-corrected chi connectivity index (χ4v) is 2.42.